The summed E-state index contributed by atoms with van der Waals surface area (Å²) in [5.41, 5.74) is -1.20. The summed E-state index contributed by atoms with van der Waals surface area (Å²) in [6.45, 7) is 3.34. The van der Waals surface area contributed by atoms with Gasteiger partial charge in [0.1, 0.15) is 0 Å². The van der Waals surface area contributed by atoms with Gasteiger partial charge in [-0.2, -0.15) is 13.2 Å². The number of hydrogen-bond acceptors (Lipinski definition) is 3. The molecule has 1 aromatic rings. The molecule has 1 aromatic carbocycles. The lowest BCUT2D eigenvalue weighted by Gasteiger charge is -2.36. The standard InChI is InChI=1S/C15H20F3NO3S/c1-14(6-8-22-9-7-14)11-19(2)23(20,21)13-5-3-4-12(10-13)15(16,17)18/h3-5,10H,6-9,11H2,1-2H3. The molecule has 0 unspecified atom stereocenters. The van der Waals surface area contributed by atoms with E-state index in [1.165, 1.54) is 13.1 Å². The zero-order valence-corrected chi connectivity index (χ0v) is 13.9. The van der Waals surface area contributed by atoms with Crippen molar-refractivity contribution >= 4 is 10.0 Å². The zero-order valence-electron chi connectivity index (χ0n) is 13.1. The highest BCUT2D eigenvalue weighted by molar-refractivity contribution is 7.89. The van der Waals surface area contributed by atoms with Crippen molar-refractivity contribution in [2.45, 2.75) is 30.8 Å². The predicted octanol–water partition coefficient (Wildman–Crippen LogP) is 3.14. The molecule has 0 radical (unpaired) electrons. The average molecular weight is 351 g/mol. The summed E-state index contributed by atoms with van der Waals surface area (Å²) in [5.74, 6) is 0. The largest absolute Gasteiger partial charge is 0.416 e. The maximum Gasteiger partial charge on any atom is 0.416 e. The molecule has 0 aromatic heterocycles. The van der Waals surface area contributed by atoms with Gasteiger partial charge in [-0.15, -0.1) is 0 Å². The van der Waals surface area contributed by atoms with E-state index < -0.39 is 21.8 Å². The molecule has 0 saturated carbocycles. The topological polar surface area (TPSA) is 46.6 Å². The molecule has 0 atom stereocenters. The lowest BCUT2D eigenvalue weighted by Crippen LogP contribution is -2.40. The summed E-state index contributed by atoms with van der Waals surface area (Å²) < 4.78 is 69.8. The van der Waals surface area contributed by atoms with Gasteiger partial charge in [-0.1, -0.05) is 13.0 Å². The minimum atomic E-state index is -4.57. The van der Waals surface area contributed by atoms with Gasteiger partial charge in [-0.3, -0.25) is 0 Å². The highest BCUT2D eigenvalue weighted by Crippen LogP contribution is 2.33. The van der Waals surface area contributed by atoms with Crippen molar-refractivity contribution in [2.75, 3.05) is 26.8 Å². The molecule has 1 heterocycles. The Kier molecular flexibility index (Phi) is 5.08. The van der Waals surface area contributed by atoms with E-state index in [1.54, 1.807) is 0 Å². The Bertz CT molecular complexity index is 652. The Morgan fingerprint density at radius 3 is 2.43 bits per heavy atom. The molecule has 1 aliphatic rings. The van der Waals surface area contributed by atoms with Gasteiger partial charge in [-0.25, -0.2) is 12.7 Å². The van der Waals surface area contributed by atoms with Crippen molar-refractivity contribution in [2.24, 2.45) is 5.41 Å². The van der Waals surface area contributed by atoms with Crippen molar-refractivity contribution in [3.05, 3.63) is 29.8 Å². The van der Waals surface area contributed by atoms with Crippen LogP contribution in [0.1, 0.15) is 25.3 Å². The number of nitrogens with zero attached hydrogens (tertiary/aromatic N) is 1. The first-order valence-electron chi connectivity index (χ1n) is 7.26. The Morgan fingerprint density at radius 2 is 1.87 bits per heavy atom. The fraction of sp³-hybridized carbons (Fsp3) is 0.600. The molecule has 2 rings (SSSR count). The second-order valence-electron chi connectivity index (χ2n) is 6.21. The number of rotatable bonds is 4. The fourth-order valence-corrected chi connectivity index (χ4v) is 4.03. The van der Waals surface area contributed by atoms with Gasteiger partial charge in [0.05, 0.1) is 10.5 Å². The zero-order chi connectivity index (χ0) is 17.3. The molecule has 23 heavy (non-hydrogen) atoms. The van der Waals surface area contributed by atoms with Gasteiger partial charge in [0.15, 0.2) is 0 Å². The fourth-order valence-electron chi connectivity index (χ4n) is 2.66. The first kappa shape index (κ1) is 18.2. The normalized spacial score (nSPS) is 19.0. The Balaban J connectivity index is 2.24. The minimum Gasteiger partial charge on any atom is -0.381 e. The van der Waals surface area contributed by atoms with Crippen LogP contribution in [0.25, 0.3) is 0 Å². The van der Waals surface area contributed by atoms with Crippen LogP contribution in [0.5, 0.6) is 0 Å². The van der Waals surface area contributed by atoms with E-state index in [9.17, 15) is 21.6 Å². The molecule has 1 saturated heterocycles. The first-order valence-corrected chi connectivity index (χ1v) is 8.70. The van der Waals surface area contributed by atoms with Crippen molar-refractivity contribution < 1.29 is 26.3 Å². The third kappa shape index (κ3) is 4.24. The molecular formula is C15H20F3NO3S. The van der Waals surface area contributed by atoms with Gasteiger partial charge in [0.2, 0.25) is 10.0 Å². The summed E-state index contributed by atoms with van der Waals surface area (Å²) in [6.07, 6.45) is -3.14. The van der Waals surface area contributed by atoms with Crippen LogP contribution in [0, 0.1) is 5.41 Å². The van der Waals surface area contributed by atoms with E-state index in [0.717, 1.165) is 29.3 Å². The van der Waals surface area contributed by atoms with Gasteiger partial charge in [-0.05, 0) is 36.5 Å². The van der Waals surface area contributed by atoms with E-state index >= 15 is 0 Å². The summed E-state index contributed by atoms with van der Waals surface area (Å²) in [7, 11) is -2.57. The van der Waals surface area contributed by atoms with Crippen LogP contribution in [0.4, 0.5) is 13.2 Å². The van der Waals surface area contributed by atoms with Gasteiger partial charge < -0.3 is 4.74 Å². The monoisotopic (exact) mass is 351 g/mol. The average Bonchev–Trinajstić information content (AvgIpc) is 2.46. The third-order valence-corrected chi connectivity index (χ3v) is 5.97. The quantitative estimate of drug-likeness (QED) is 0.837. The summed E-state index contributed by atoms with van der Waals surface area (Å²) >= 11 is 0. The molecule has 0 bridgehead atoms. The maximum atomic E-state index is 12.8. The molecule has 8 heteroatoms. The number of sulfonamides is 1. The molecule has 0 amide bonds. The van der Waals surface area contributed by atoms with Gasteiger partial charge in [0, 0.05) is 26.8 Å². The van der Waals surface area contributed by atoms with E-state index in [0.29, 0.717) is 19.3 Å². The van der Waals surface area contributed by atoms with Crippen molar-refractivity contribution in [3.8, 4) is 0 Å². The van der Waals surface area contributed by atoms with E-state index in [-0.39, 0.29) is 16.9 Å². The first-order chi connectivity index (χ1) is 10.5. The Morgan fingerprint density at radius 1 is 1.26 bits per heavy atom. The Labute approximate surface area is 134 Å². The SMILES string of the molecule is CN(CC1(C)CCOCC1)S(=O)(=O)c1cccc(C(F)(F)F)c1. The minimum absolute atomic E-state index is 0.234. The number of halogens is 3. The lowest BCUT2D eigenvalue weighted by atomic mass is 9.82. The Hall–Kier alpha value is -1.12. The third-order valence-electron chi connectivity index (χ3n) is 4.17. The maximum absolute atomic E-state index is 12.8. The smallest absolute Gasteiger partial charge is 0.381 e. The van der Waals surface area contributed by atoms with Crippen LogP contribution >= 0.6 is 0 Å². The predicted molar refractivity (Wildman–Crippen MR) is 79.4 cm³/mol. The van der Waals surface area contributed by atoms with Gasteiger partial charge in [0.25, 0.3) is 0 Å². The molecule has 0 aliphatic carbocycles. The number of benzene rings is 1. The summed E-state index contributed by atoms with van der Waals surface area (Å²) in [5, 5.41) is 0. The molecule has 0 spiro atoms. The summed E-state index contributed by atoms with van der Waals surface area (Å²) in [6, 6.07) is 3.84. The number of hydrogen-bond donors (Lipinski definition) is 0. The van der Waals surface area contributed by atoms with Crippen molar-refractivity contribution in [1.29, 1.82) is 0 Å². The molecule has 130 valence electrons. The molecule has 1 fully saturated rings. The van der Waals surface area contributed by atoms with E-state index in [1.807, 2.05) is 6.92 Å². The second kappa shape index (κ2) is 6.41. The van der Waals surface area contributed by atoms with Crippen LogP contribution < -0.4 is 0 Å². The van der Waals surface area contributed by atoms with Crippen LogP contribution in [0.2, 0.25) is 0 Å². The highest BCUT2D eigenvalue weighted by Gasteiger charge is 2.35. The van der Waals surface area contributed by atoms with Crippen LogP contribution in [-0.2, 0) is 20.9 Å². The van der Waals surface area contributed by atoms with Crippen molar-refractivity contribution in [3.63, 3.8) is 0 Å². The van der Waals surface area contributed by atoms with Gasteiger partial charge >= 0.3 is 6.18 Å². The molecule has 0 N–H and O–H groups in total. The summed E-state index contributed by atoms with van der Waals surface area (Å²) in [4.78, 5) is -0.342. The number of alkyl halides is 3. The molecular weight excluding hydrogens is 331 g/mol. The van der Waals surface area contributed by atoms with Crippen molar-refractivity contribution in [1.82, 2.24) is 4.31 Å². The van der Waals surface area contributed by atoms with Crippen LogP contribution in [0.15, 0.2) is 29.2 Å². The van der Waals surface area contributed by atoms with E-state index in [4.69, 9.17) is 4.74 Å². The highest BCUT2D eigenvalue weighted by atomic mass is 32.2. The van der Waals surface area contributed by atoms with E-state index in [2.05, 4.69) is 0 Å². The number of ether oxygens (including phenoxy) is 1. The second-order valence-corrected chi connectivity index (χ2v) is 8.25. The lowest BCUT2D eigenvalue weighted by molar-refractivity contribution is -0.137. The molecule has 1 aliphatic heterocycles. The van der Waals surface area contributed by atoms with Crippen LogP contribution in [0.3, 0.4) is 0 Å². The molecule has 4 nitrogen and oxygen atoms in total. The van der Waals surface area contributed by atoms with Crippen LogP contribution in [-0.4, -0.2) is 39.5 Å².